The maximum atomic E-state index is 6.09. The predicted molar refractivity (Wildman–Crippen MR) is 293 cm³/mol. The van der Waals surface area contributed by atoms with Gasteiger partial charge in [-0.2, -0.15) is 9.97 Å². The third-order valence-corrected chi connectivity index (χ3v) is 13.6. The summed E-state index contributed by atoms with van der Waals surface area (Å²) in [5, 5.41) is 2.20. The Balaban J connectivity index is 0.910. The van der Waals surface area contributed by atoms with E-state index in [1.165, 1.54) is 0 Å². The van der Waals surface area contributed by atoms with Crippen LogP contribution in [0.2, 0.25) is 0 Å². The molecule has 14 aromatic rings. The van der Waals surface area contributed by atoms with Crippen molar-refractivity contribution in [1.29, 1.82) is 0 Å². The Kier molecular flexibility index (Phi) is 9.99. The molecule has 0 amide bonds. The number of hydrogen-bond donors (Lipinski definition) is 0. The average molecular weight is 937 g/mol. The van der Waals surface area contributed by atoms with E-state index in [9.17, 15) is 0 Å². The van der Waals surface area contributed by atoms with Gasteiger partial charge in [-0.3, -0.25) is 4.57 Å². The normalized spacial score (nSPS) is 11.6. The van der Waals surface area contributed by atoms with Gasteiger partial charge in [0.2, 0.25) is 17.7 Å². The molecule has 0 aliphatic heterocycles. The van der Waals surface area contributed by atoms with Crippen LogP contribution >= 0.6 is 0 Å². The zero-order valence-electron chi connectivity index (χ0n) is 39.1. The molecule has 0 aliphatic carbocycles. The van der Waals surface area contributed by atoms with E-state index in [1.807, 2.05) is 48.5 Å². The summed E-state index contributed by atoms with van der Waals surface area (Å²) in [4.78, 5) is 25.5. The summed E-state index contributed by atoms with van der Waals surface area (Å²) in [5.74, 6) is 2.79. The van der Waals surface area contributed by atoms with Crippen LogP contribution in [0.5, 0.6) is 0 Å². The van der Waals surface area contributed by atoms with Gasteiger partial charge in [-0.1, -0.05) is 158 Å². The third-order valence-electron chi connectivity index (χ3n) is 13.6. The standard InChI is InChI=1S/C65H40N6O2/c1-3-13-41(14-4-1)49-33-35-57-53(39-49)54-40-50(42-15-5-2-6-16-42)34-36-58(54)71(57)65-69-61(51-19-11-17-47(37-51)43-25-29-45(30-26-43)63-66-55-21-7-9-23-59(55)72-63)68-62(70-65)52-20-12-18-48(38-52)44-27-31-46(32-28-44)64-67-56-22-8-10-24-60(56)73-64/h1-40H. The quantitative estimate of drug-likeness (QED) is 0.142. The van der Waals surface area contributed by atoms with Crippen molar-refractivity contribution >= 4 is 44.0 Å². The molecule has 0 unspecified atom stereocenters. The van der Waals surface area contributed by atoms with Crippen LogP contribution in [0.3, 0.4) is 0 Å². The molecular formula is C65H40N6O2. The van der Waals surface area contributed by atoms with Crippen LogP contribution in [0.15, 0.2) is 251 Å². The first kappa shape index (κ1) is 41.9. The minimum Gasteiger partial charge on any atom is -0.436 e. The predicted octanol–water partition coefficient (Wildman–Crippen LogP) is 16.6. The summed E-state index contributed by atoms with van der Waals surface area (Å²) in [6.45, 7) is 0. The third kappa shape index (κ3) is 7.71. The molecule has 4 aromatic heterocycles. The molecule has 4 heterocycles. The summed E-state index contributed by atoms with van der Waals surface area (Å²) in [5.41, 5.74) is 17.4. The summed E-state index contributed by atoms with van der Waals surface area (Å²) in [7, 11) is 0. The van der Waals surface area contributed by atoms with E-state index < -0.39 is 0 Å². The maximum absolute atomic E-state index is 6.09. The zero-order valence-corrected chi connectivity index (χ0v) is 39.1. The summed E-state index contributed by atoms with van der Waals surface area (Å²) >= 11 is 0. The fourth-order valence-electron chi connectivity index (χ4n) is 9.86. The highest BCUT2D eigenvalue weighted by molar-refractivity contribution is 6.11. The number of rotatable bonds is 9. The largest absolute Gasteiger partial charge is 0.436 e. The lowest BCUT2D eigenvalue weighted by molar-refractivity contribution is 0.619. The molecule has 73 heavy (non-hydrogen) atoms. The van der Waals surface area contributed by atoms with Crippen molar-refractivity contribution in [2.24, 2.45) is 0 Å². The number of benzene rings is 10. The van der Waals surface area contributed by atoms with Gasteiger partial charge in [0.25, 0.3) is 0 Å². The Morgan fingerprint density at radius 2 is 0.616 bits per heavy atom. The van der Waals surface area contributed by atoms with Crippen LogP contribution < -0.4 is 0 Å². The van der Waals surface area contributed by atoms with Gasteiger partial charge in [0.05, 0.1) is 11.0 Å². The fraction of sp³-hybridized carbons (Fsp3) is 0. The molecular weight excluding hydrogens is 897 g/mol. The van der Waals surface area contributed by atoms with Gasteiger partial charge in [-0.15, -0.1) is 0 Å². The molecule has 0 fully saturated rings. The van der Waals surface area contributed by atoms with Gasteiger partial charge in [0, 0.05) is 33.0 Å². The highest BCUT2D eigenvalue weighted by atomic mass is 16.4. The number of aromatic nitrogens is 6. The molecule has 0 saturated carbocycles. The lowest BCUT2D eigenvalue weighted by Crippen LogP contribution is -2.06. The fourth-order valence-corrected chi connectivity index (χ4v) is 9.86. The molecule has 0 aliphatic rings. The lowest BCUT2D eigenvalue weighted by Gasteiger charge is -2.13. The highest BCUT2D eigenvalue weighted by Gasteiger charge is 2.20. The first-order valence-corrected chi connectivity index (χ1v) is 24.2. The molecule has 10 aromatic carbocycles. The molecule has 342 valence electrons. The molecule has 0 atom stereocenters. The average Bonchev–Trinajstić information content (AvgIpc) is 4.20. The van der Waals surface area contributed by atoms with Gasteiger partial charge in [0.15, 0.2) is 22.8 Å². The lowest BCUT2D eigenvalue weighted by atomic mass is 10.0. The number of oxazole rings is 2. The Bertz CT molecular complexity index is 4030. The van der Waals surface area contributed by atoms with Gasteiger partial charge in [-0.05, 0) is 129 Å². The van der Waals surface area contributed by atoms with Crippen LogP contribution in [-0.2, 0) is 0 Å². The molecule has 0 spiro atoms. The monoisotopic (exact) mass is 936 g/mol. The van der Waals surface area contributed by atoms with Crippen LogP contribution in [0.25, 0.3) is 140 Å². The van der Waals surface area contributed by atoms with Crippen molar-refractivity contribution in [3.05, 3.63) is 243 Å². The van der Waals surface area contributed by atoms with Crippen molar-refractivity contribution in [2.45, 2.75) is 0 Å². The number of nitrogens with zero attached hydrogens (tertiary/aromatic N) is 6. The van der Waals surface area contributed by atoms with Gasteiger partial charge in [0.1, 0.15) is 11.0 Å². The topological polar surface area (TPSA) is 95.7 Å². The van der Waals surface area contributed by atoms with Crippen LogP contribution in [0.4, 0.5) is 0 Å². The van der Waals surface area contributed by atoms with Crippen molar-refractivity contribution < 1.29 is 8.83 Å². The summed E-state index contributed by atoms with van der Waals surface area (Å²) < 4.78 is 14.4. The minimum atomic E-state index is 0.515. The zero-order chi connectivity index (χ0) is 48.2. The van der Waals surface area contributed by atoms with E-state index in [4.69, 9.17) is 33.8 Å². The van der Waals surface area contributed by atoms with E-state index in [2.05, 4.69) is 199 Å². The van der Waals surface area contributed by atoms with E-state index in [0.29, 0.717) is 29.4 Å². The van der Waals surface area contributed by atoms with Crippen molar-refractivity contribution in [2.75, 3.05) is 0 Å². The van der Waals surface area contributed by atoms with Gasteiger partial charge in [-0.25, -0.2) is 15.0 Å². The van der Waals surface area contributed by atoms with E-state index in [1.54, 1.807) is 0 Å². The van der Waals surface area contributed by atoms with Crippen molar-refractivity contribution in [3.63, 3.8) is 0 Å². The Morgan fingerprint density at radius 3 is 1.07 bits per heavy atom. The SMILES string of the molecule is c1ccc(-c2ccc3c(c2)c2cc(-c4ccccc4)ccc2n3-c2nc(-c3cccc(-c4ccc(-c5nc6ccccc6o5)cc4)c3)nc(-c3cccc(-c4ccc(-c5nc6ccccc6o5)cc4)c3)n2)cc1. The van der Waals surface area contributed by atoms with Crippen LogP contribution in [-0.4, -0.2) is 29.5 Å². The number of hydrogen-bond acceptors (Lipinski definition) is 7. The second-order valence-corrected chi connectivity index (χ2v) is 18.1. The second kappa shape index (κ2) is 17.4. The summed E-state index contributed by atoms with van der Waals surface area (Å²) in [6, 6.07) is 83.4. The molecule has 0 N–H and O–H groups in total. The Labute approximate surface area is 419 Å². The minimum absolute atomic E-state index is 0.515. The Hall–Kier alpha value is -10.1. The highest BCUT2D eigenvalue weighted by Crippen LogP contribution is 2.39. The van der Waals surface area contributed by atoms with Crippen molar-refractivity contribution in [1.82, 2.24) is 29.5 Å². The van der Waals surface area contributed by atoms with Gasteiger partial charge >= 0.3 is 0 Å². The second-order valence-electron chi connectivity index (χ2n) is 18.1. The van der Waals surface area contributed by atoms with Crippen molar-refractivity contribution in [3.8, 4) is 96.1 Å². The van der Waals surface area contributed by atoms with Gasteiger partial charge < -0.3 is 8.83 Å². The first-order valence-electron chi connectivity index (χ1n) is 24.2. The number of para-hydroxylation sites is 4. The molecule has 0 radical (unpaired) electrons. The molecule has 0 saturated heterocycles. The van der Waals surface area contributed by atoms with Crippen LogP contribution in [0, 0.1) is 0 Å². The maximum Gasteiger partial charge on any atom is 0.238 e. The molecule has 8 heteroatoms. The van der Waals surface area contributed by atoms with Crippen LogP contribution in [0.1, 0.15) is 0 Å². The van der Waals surface area contributed by atoms with E-state index >= 15 is 0 Å². The smallest absolute Gasteiger partial charge is 0.238 e. The molecule has 14 rings (SSSR count). The summed E-state index contributed by atoms with van der Waals surface area (Å²) in [6.07, 6.45) is 0. The van der Waals surface area contributed by atoms with E-state index in [-0.39, 0.29) is 0 Å². The number of fused-ring (bicyclic) bond motifs is 5. The Morgan fingerprint density at radius 1 is 0.260 bits per heavy atom. The molecule has 0 bridgehead atoms. The first-order chi connectivity index (χ1) is 36.1. The van der Waals surface area contributed by atoms with E-state index in [0.717, 1.165) is 111 Å². The molecule has 8 nitrogen and oxygen atoms in total.